The molecule has 0 bridgehead atoms. The summed E-state index contributed by atoms with van der Waals surface area (Å²) in [5.74, 6) is 1.42. The van der Waals surface area contributed by atoms with Crippen molar-refractivity contribution >= 4 is 11.6 Å². The minimum absolute atomic E-state index is 0.00121. The zero-order valence-electron chi connectivity index (χ0n) is 13.6. The molecule has 0 saturated carbocycles. The van der Waals surface area contributed by atoms with E-state index < -0.39 is 0 Å². The molecule has 1 aromatic heterocycles. The number of hydrogen-bond donors (Lipinski definition) is 1. The number of carbonyl (C=O) groups excluding carboxylic acids is 1. The fourth-order valence-corrected chi connectivity index (χ4v) is 2.70. The van der Waals surface area contributed by atoms with Gasteiger partial charge in [-0.25, -0.2) is 0 Å². The van der Waals surface area contributed by atoms with Gasteiger partial charge >= 0.3 is 0 Å². The lowest BCUT2D eigenvalue weighted by Crippen LogP contribution is -2.35. The summed E-state index contributed by atoms with van der Waals surface area (Å²) in [5, 5.41) is 3.40. The molecule has 0 aliphatic carbocycles. The van der Waals surface area contributed by atoms with Crippen molar-refractivity contribution < 1.29 is 14.3 Å². The molecule has 3 rings (SSSR count). The number of methoxy groups -OCH3 is 1. The number of anilines is 1. The van der Waals surface area contributed by atoms with E-state index in [-0.39, 0.29) is 18.6 Å². The minimum Gasteiger partial charge on any atom is -0.497 e. The van der Waals surface area contributed by atoms with E-state index in [1.165, 1.54) is 0 Å². The number of carbonyl (C=O) groups is 1. The first kappa shape index (κ1) is 16.1. The maximum Gasteiger partial charge on any atom is 0.260 e. The van der Waals surface area contributed by atoms with E-state index in [0.29, 0.717) is 12.3 Å². The summed E-state index contributed by atoms with van der Waals surface area (Å²) in [6.45, 7) is 1.47. The number of nitrogens with one attached hydrogen (secondary N) is 1. The number of benzene rings is 1. The second-order valence-electron chi connectivity index (χ2n) is 5.68. The average Bonchev–Trinajstić information content (AvgIpc) is 3.09. The summed E-state index contributed by atoms with van der Waals surface area (Å²) in [6, 6.07) is 11.3. The third kappa shape index (κ3) is 4.16. The molecule has 6 heteroatoms. The third-order valence-corrected chi connectivity index (χ3v) is 4.00. The largest absolute Gasteiger partial charge is 0.497 e. The van der Waals surface area contributed by atoms with Crippen molar-refractivity contribution in [2.75, 3.05) is 32.1 Å². The van der Waals surface area contributed by atoms with Crippen LogP contribution < -0.4 is 14.8 Å². The van der Waals surface area contributed by atoms with Crippen molar-refractivity contribution in [2.24, 2.45) is 0 Å². The lowest BCUT2D eigenvalue weighted by atomic mass is 10.2. The van der Waals surface area contributed by atoms with Gasteiger partial charge in [-0.05, 0) is 42.8 Å². The van der Waals surface area contributed by atoms with Crippen molar-refractivity contribution in [2.45, 2.75) is 12.5 Å². The first-order chi connectivity index (χ1) is 11.7. The number of pyridine rings is 1. The smallest absolute Gasteiger partial charge is 0.260 e. The highest BCUT2D eigenvalue weighted by atomic mass is 16.5. The van der Waals surface area contributed by atoms with Crippen LogP contribution in [0.1, 0.15) is 6.42 Å². The zero-order chi connectivity index (χ0) is 16.8. The number of likely N-dealkylation sites (tertiary alicyclic amines) is 1. The molecule has 0 radical (unpaired) electrons. The number of rotatable bonds is 6. The summed E-state index contributed by atoms with van der Waals surface area (Å²) in [6.07, 6.45) is 4.45. The highest BCUT2D eigenvalue weighted by Gasteiger charge is 2.26. The first-order valence-electron chi connectivity index (χ1n) is 7.96. The fraction of sp³-hybridized carbons (Fsp3) is 0.333. The second-order valence-corrected chi connectivity index (χ2v) is 5.68. The molecule has 1 aliphatic rings. The summed E-state index contributed by atoms with van der Waals surface area (Å²) in [5.41, 5.74) is 0.978. The van der Waals surface area contributed by atoms with Crippen molar-refractivity contribution in [1.82, 2.24) is 9.88 Å². The van der Waals surface area contributed by atoms with Crippen LogP contribution in [0.15, 0.2) is 48.8 Å². The van der Waals surface area contributed by atoms with Crippen LogP contribution in [-0.2, 0) is 4.79 Å². The van der Waals surface area contributed by atoms with Gasteiger partial charge in [0.15, 0.2) is 6.61 Å². The summed E-state index contributed by atoms with van der Waals surface area (Å²) in [4.78, 5) is 18.2. The SMILES string of the molecule is COc1ccc(OCC(=O)N2CC[C@H](Nc3cccnc3)C2)cc1. The van der Waals surface area contributed by atoms with Gasteiger partial charge in [0.25, 0.3) is 5.91 Å². The van der Waals surface area contributed by atoms with Gasteiger partial charge in [-0.3, -0.25) is 9.78 Å². The molecule has 1 saturated heterocycles. The molecular formula is C18H21N3O3. The van der Waals surface area contributed by atoms with Crippen molar-refractivity contribution in [3.8, 4) is 11.5 Å². The second kappa shape index (κ2) is 7.68. The van der Waals surface area contributed by atoms with E-state index in [0.717, 1.165) is 24.4 Å². The van der Waals surface area contributed by atoms with Crippen LogP contribution in [-0.4, -0.2) is 48.6 Å². The van der Waals surface area contributed by atoms with Crippen LogP contribution >= 0.6 is 0 Å². The molecule has 0 spiro atoms. The molecule has 1 N–H and O–H groups in total. The van der Waals surface area contributed by atoms with E-state index >= 15 is 0 Å². The van der Waals surface area contributed by atoms with Gasteiger partial charge in [0.2, 0.25) is 0 Å². The molecular weight excluding hydrogens is 306 g/mol. The van der Waals surface area contributed by atoms with E-state index in [1.54, 1.807) is 31.6 Å². The third-order valence-electron chi connectivity index (χ3n) is 4.00. The summed E-state index contributed by atoms with van der Waals surface area (Å²) >= 11 is 0. The van der Waals surface area contributed by atoms with Crippen molar-refractivity contribution in [1.29, 1.82) is 0 Å². The summed E-state index contributed by atoms with van der Waals surface area (Å²) < 4.78 is 10.7. The Balaban J connectivity index is 1.45. The van der Waals surface area contributed by atoms with Crippen LogP contribution in [0, 0.1) is 0 Å². The van der Waals surface area contributed by atoms with E-state index in [9.17, 15) is 4.79 Å². The molecule has 1 amide bonds. The van der Waals surface area contributed by atoms with Gasteiger partial charge in [0.05, 0.1) is 12.8 Å². The Hall–Kier alpha value is -2.76. The Morgan fingerprint density at radius 3 is 2.79 bits per heavy atom. The predicted molar refractivity (Wildman–Crippen MR) is 91.3 cm³/mol. The zero-order valence-corrected chi connectivity index (χ0v) is 13.6. The standard InChI is InChI=1S/C18H21N3O3/c1-23-16-4-6-17(7-5-16)24-13-18(22)21-10-8-15(12-21)20-14-3-2-9-19-11-14/h2-7,9,11,15,20H,8,10,12-13H2,1H3/t15-/m0/s1. The van der Waals surface area contributed by atoms with E-state index in [4.69, 9.17) is 9.47 Å². The summed E-state index contributed by atoms with van der Waals surface area (Å²) in [7, 11) is 1.61. The number of nitrogens with zero attached hydrogens (tertiary/aromatic N) is 2. The van der Waals surface area contributed by atoms with Crippen molar-refractivity contribution in [3.63, 3.8) is 0 Å². The van der Waals surface area contributed by atoms with E-state index in [1.807, 2.05) is 29.2 Å². The minimum atomic E-state index is 0.00121. The van der Waals surface area contributed by atoms with Gasteiger partial charge in [-0.1, -0.05) is 0 Å². The van der Waals surface area contributed by atoms with Crippen LogP contribution in [0.5, 0.6) is 11.5 Å². The monoisotopic (exact) mass is 327 g/mol. The lowest BCUT2D eigenvalue weighted by Gasteiger charge is -2.18. The normalized spacial score (nSPS) is 16.7. The first-order valence-corrected chi connectivity index (χ1v) is 7.96. The quantitative estimate of drug-likeness (QED) is 0.881. The Kier molecular flexibility index (Phi) is 5.15. The Morgan fingerprint density at radius 2 is 2.08 bits per heavy atom. The number of amides is 1. The highest BCUT2D eigenvalue weighted by molar-refractivity contribution is 5.78. The molecule has 0 unspecified atom stereocenters. The Bertz CT molecular complexity index is 661. The molecule has 24 heavy (non-hydrogen) atoms. The molecule has 1 atom stereocenters. The van der Waals surface area contributed by atoms with Crippen molar-refractivity contribution in [3.05, 3.63) is 48.8 Å². The lowest BCUT2D eigenvalue weighted by molar-refractivity contribution is -0.132. The fourth-order valence-electron chi connectivity index (χ4n) is 2.70. The molecule has 1 aliphatic heterocycles. The van der Waals surface area contributed by atoms with Gasteiger partial charge in [-0.15, -0.1) is 0 Å². The van der Waals surface area contributed by atoms with Crippen LogP contribution in [0.25, 0.3) is 0 Å². The Labute approximate surface area is 141 Å². The van der Waals surface area contributed by atoms with Crippen LogP contribution in [0.4, 0.5) is 5.69 Å². The Morgan fingerprint density at radius 1 is 1.29 bits per heavy atom. The molecule has 1 fully saturated rings. The number of ether oxygens (including phenoxy) is 2. The van der Waals surface area contributed by atoms with Gasteiger partial charge in [0.1, 0.15) is 11.5 Å². The predicted octanol–water partition coefficient (Wildman–Crippen LogP) is 2.18. The van der Waals surface area contributed by atoms with Gasteiger partial charge in [0, 0.05) is 31.5 Å². The molecule has 6 nitrogen and oxygen atoms in total. The molecule has 2 heterocycles. The average molecular weight is 327 g/mol. The van der Waals surface area contributed by atoms with Crippen LogP contribution in [0.2, 0.25) is 0 Å². The highest BCUT2D eigenvalue weighted by Crippen LogP contribution is 2.18. The van der Waals surface area contributed by atoms with Gasteiger partial charge < -0.3 is 19.7 Å². The van der Waals surface area contributed by atoms with Crippen LogP contribution in [0.3, 0.4) is 0 Å². The maximum absolute atomic E-state index is 12.3. The number of hydrogen-bond acceptors (Lipinski definition) is 5. The molecule has 126 valence electrons. The molecule has 1 aromatic carbocycles. The number of aromatic nitrogens is 1. The van der Waals surface area contributed by atoms with Gasteiger partial charge in [-0.2, -0.15) is 0 Å². The maximum atomic E-state index is 12.3. The topological polar surface area (TPSA) is 63.7 Å². The molecule has 2 aromatic rings. The van der Waals surface area contributed by atoms with E-state index in [2.05, 4.69) is 10.3 Å².